The van der Waals surface area contributed by atoms with E-state index in [1.165, 1.54) is 19.3 Å². The molecule has 1 aliphatic carbocycles. The van der Waals surface area contributed by atoms with Gasteiger partial charge in [0, 0.05) is 11.6 Å². The minimum Gasteiger partial charge on any atom is -0.397 e. The zero-order valence-electron chi connectivity index (χ0n) is 11.8. The van der Waals surface area contributed by atoms with E-state index in [9.17, 15) is 4.79 Å². The molecule has 1 aromatic carbocycles. The smallest absolute Gasteiger partial charge is 0.226 e. The van der Waals surface area contributed by atoms with Crippen molar-refractivity contribution in [1.82, 2.24) is 0 Å². The van der Waals surface area contributed by atoms with Crippen molar-refractivity contribution in [2.24, 2.45) is 5.92 Å². The summed E-state index contributed by atoms with van der Waals surface area (Å²) in [5, 5.41) is 3.47. The van der Waals surface area contributed by atoms with Crippen LogP contribution in [0.5, 0.6) is 0 Å². The second kappa shape index (κ2) is 7.87. The number of hydrogen-bond donors (Lipinski definition) is 2. The molecule has 0 radical (unpaired) electrons. The number of benzene rings is 1. The maximum atomic E-state index is 11.8. The Morgan fingerprint density at radius 3 is 2.71 bits per heavy atom. The second-order valence-corrected chi connectivity index (χ2v) is 6.19. The van der Waals surface area contributed by atoms with E-state index < -0.39 is 0 Å². The van der Waals surface area contributed by atoms with Gasteiger partial charge in [-0.2, -0.15) is 0 Å². The molecule has 0 unspecified atom stereocenters. The van der Waals surface area contributed by atoms with E-state index in [0.29, 0.717) is 28.0 Å². The Kier molecular flexibility index (Phi) is 6.15. The van der Waals surface area contributed by atoms with Crippen molar-refractivity contribution in [1.29, 1.82) is 0 Å². The first-order valence-corrected chi connectivity index (χ1v) is 7.94. The van der Waals surface area contributed by atoms with Gasteiger partial charge in [-0.05, 0) is 24.5 Å². The van der Waals surface area contributed by atoms with Gasteiger partial charge in [-0.25, -0.2) is 0 Å². The third-order valence-corrected chi connectivity index (χ3v) is 4.23. The molecular formula is C15H20Cl2N2O2. The fraction of sp³-hybridized carbons (Fsp3) is 0.533. The Hall–Kier alpha value is -0.970. The lowest BCUT2D eigenvalue weighted by atomic mass is 9.83. The van der Waals surface area contributed by atoms with Gasteiger partial charge in [-0.15, -0.1) is 0 Å². The Bertz CT molecular complexity index is 481. The van der Waals surface area contributed by atoms with E-state index >= 15 is 0 Å². The summed E-state index contributed by atoms with van der Waals surface area (Å²) in [5.41, 5.74) is 6.54. The summed E-state index contributed by atoms with van der Waals surface area (Å²) in [6.07, 6.45) is 5.35. The molecule has 1 fully saturated rings. The molecule has 4 nitrogen and oxygen atoms in total. The van der Waals surface area contributed by atoms with Gasteiger partial charge in [-0.1, -0.05) is 42.5 Å². The summed E-state index contributed by atoms with van der Waals surface area (Å²) in [7, 11) is 0. The van der Waals surface area contributed by atoms with Crippen LogP contribution in [0.15, 0.2) is 12.1 Å². The molecule has 116 valence electrons. The van der Waals surface area contributed by atoms with Crippen LogP contribution in [-0.2, 0) is 9.53 Å². The Morgan fingerprint density at radius 1 is 1.33 bits per heavy atom. The zero-order valence-corrected chi connectivity index (χ0v) is 13.3. The molecule has 6 heteroatoms. The minimum atomic E-state index is -0.172. The summed E-state index contributed by atoms with van der Waals surface area (Å²) in [4.78, 5) is 11.8. The zero-order chi connectivity index (χ0) is 15.2. The molecule has 2 rings (SSSR count). The number of halogens is 2. The average Bonchev–Trinajstić information content (AvgIpc) is 2.35. The van der Waals surface area contributed by atoms with Crippen LogP contribution in [0.1, 0.15) is 32.1 Å². The van der Waals surface area contributed by atoms with Gasteiger partial charge in [0.2, 0.25) is 5.91 Å². The Balaban J connectivity index is 1.69. The quantitative estimate of drug-likeness (QED) is 0.584. The van der Waals surface area contributed by atoms with Crippen LogP contribution in [0.4, 0.5) is 11.4 Å². The highest BCUT2D eigenvalue weighted by Gasteiger charge is 2.16. The highest BCUT2D eigenvalue weighted by atomic mass is 35.5. The molecule has 0 spiro atoms. The van der Waals surface area contributed by atoms with Crippen molar-refractivity contribution >= 4 is 40.5 Å². The Labute approximate surface area is 134 Å². The molecule has 3 N–H and O–H groups in total. The average molecular weight is 331 g/mol. The van der Waals surface area contributed by atoms with Crippen LogP contribution in [0.25, 0.3) is 0 Å². The maximum absolute atomic E-state index is 11.8. The number of amides is 1. The molecular weight excluding hydrogens is 311 g/mol. The van der Waals surface area contributed by atoms with E-state index in [2.05, 4.69) is 5.32 Å². The number of ether oxygens (including phenoxy) is 1. The lowest BCUT2D eigenvalue weighted by Gasteiger charge is -2.24. The maximum Gasteiger partial charge on any atom is 0.226 e. The van der Waals surface area contributed by atoms with Crippen molar-refractivity contribution in [2.75, 3.05) is 24.3 Å². The van der Waals surface area contributed by atoms with Gasteiger partial charge in [0.05, 0.1) is 29.4 Å². The minimum absolute atomic E-state index is 0.172. The summed E-state index contributed by atoms with van der Waals surface area (Å²) < 4.78 is 5.48. The van der Waals surface area contributed by atoms with E-state index in [1.807, 2.05) is 0 Å². The number of nitrogens with one attached hydrogen (secondary N) is 1. The highest BCUT2D eigenvalue weighted by molar-refractivity contribution is 6.37. The molecule has 0 heterocycles. The molecule has 0 aliphatic heterocycles. The first kappa shape index (κ1) is 16.4. The topological polar surface area (TPSA) is 64.3 Å². The molecule has 0 saturated heterocycles. The van der Waals surface area contributed by atoms with Crippen molar-refractivity contribution in [3.05, 3.63) is 22.2 Å². The Morgan fingerprint density at radius 2 is 2.10 bits per heavy atom. The third-order valence-electron chi connectivity index (χ3n) is 3.72. The normalized spacial score (nSPS) is 14.8. The molecule has 1 saturated carbocycles. The largest absolute Gasteiger partial charge is 0.397 e. The van der Waals surface area contributed by atoms with Crippen LogP contribution >= 0.6 is 23.2 Å². The molecule has 1 aromatic rings. The molecule has 0 aromatic heterocycles. The number of hydrogen-bond acceptors (Lipinski definition) is 3. The van der Waals surface area contributed by atoms with Gasteiger partial charge in [0.15, 0.2) is 0 Å². The third kappa shape index (κ3) is 5.06. The molecule has 1 amide bonds. The standard InChI is InChI=1S/C15H20Cl2N2O2/c16-11-8-12(17)15(13(18)9-11)19-14(20)5-7-21-6-4-10-2-1-3-10/h8-10H,1-7,18H2,(H,19,20). The monoisotopic (exact) mass is 330 g/mol. The summed E-state index contributed by atoms with van der Waals surface area (Å²) >= 11 is 11.8. The predicted octanol–water partition coefficient (Wildman–Crippen LogP) is 4.11. The van der Waals surface area contributed by atoms with Gasteiger partial charge in [0.25, 0.3) is 0 Å². The molecule has 1 aliphatic rings. The number of rotatable bonds is 7. The highest BCUT2D eigenvalue weighted by Crippen LogP contribution is 2.32. The SMILES string of the molecule is Nc1cc(Cl)cc(Cl)c1NC(=O)CCOCCC1CCC1. The number of carbonyl (C=O) groups excluding carboxylic acids is 1. The number of anilines is 2. The number of carbonyl (C=O) groups is 1. The second-order valence-electron chi connectivity index (χ2n) is 5.35. The van der Waals surface area contributed by atoms with Crippen molar-refractivity contribution in [3.8, 4) is 0 Å². The van der Waals surface area contributed by atoms with E-state index in [1.54, 1.807) is 12.1 Å². The fourth-order valence-corrected chi connectivity index (χ4v) is 2.78. The van der Waals surface area contributed by atoms with Gasteiger partial charge in [0.1, 0.15) is 0 Å². The molecule has 21 heavy (non-hydrogen) atoms. The van der Waals surface area contributed by atoms with E-state index in [-0.39, 0.29) is 12.3 Å². The van der Waals surface area contributed by atoms with Crippen LogP contribution in [0.3, 0.4) is 0 Å². The fourth-order valence-electron chi connectivity index (χ4n) is 2.23. The summed E-state index contributed by atoms with van der Waals surface area (Å²) in [5.74, 6) is 0.654. The van der Waals surface area contributed by atoms with Crippen LogP contribution in [0, 0.1) is 5.92 Å². The van der Waals surface area contributed by atoms with E-state index in [4.69, 9.17) is 33.7 Å². The van der Waals surface area contributed by atoms with Gasteiger partial charge < -0.3 is 15.8 Å². The van der Waals surface area contributed by atoms with Gasteiger partial charge >= 0.3 is 0 Å². The lowest BCUT2D eigenvalue weighted by molar-refractivity contribution is -0.117. The van der Waals surface area contributed by atoms with Crippen molar-refractivity contribution in [3.63, 3.8) is 0 Å². The summed E-state index contributed by atoms with van der Waals surface area (Å²) in [6.45, 7) is 1.13. The van der Waals surface area contributed by atoms with Crippen molar-refractivity contribution in [2.45, 2.75) is 32.1 Å². The van der Waals surface area contributed by atoms with Crippen molar-refractivity contribution < 1.29 is 9.53 Å². The molecule has 0 bridgehead atoms. The summed E-state index contributed by atoms with van der Waals surface area (Å²) in [6, 6.07) is 3.10. The first-order chi connectivity index (χ1) is 10.1. The number of nitrogens with two attached hydrogens (primary N) is 1. The number of nitrogen functional groups attached to an aromatic ring is 1. The van der Waals surface area contributed by atoms with Crippen LogP contribution in [0.2, 0.25) is 10.0 Å². The van der Waals surface area contributed by atoms with Gasteiger partial charge in [-0.3, -0.25) is 4.79 Å². The van der Waals surface area contributed by atoms with Crippen LogP contribution in [-0.4, -0.2) is 19.1 Å². The van der Waals surface area contributed by atoms with E-state index in [0.717, 1.165) is 18.9 Å². The predicted molar refractivity (Wildman–Crippen MR) is 86.9 cm³/mol. The molecule has 0 atom stereocenters. The lowest BCUT2D eigenvalue weighted by Crippen LogP contribution is -2.17. The van der Waals surface area contributed by atoms with Crippen LogP contribution < -0.4 is 11.1 Å². The first-order valence-electron chi connectivity index (χ1n) is 7.18.